The van der Waals surface area contributed by atoms with Crippen LogP contribution in [0.2, 0.25) is 0 Å². The summed E-state index contributed by atoms with van der Waals surface area (Å²) in [5, 5.41) is 4.28. The molecule has 0 radical (unpaired) electrons. The SMILES string of the molecule is CCOC(=O)C(C)(CCSc1nccn1C)NC(C)C. The Kier molecular flexibility index (Phi) is 6.55. The second-order valence-corrected chi connectivity index (χ2v) is 6.33. The molecule has 1 N–H and O–H groups in total. The van der Waals surface area contributed by atoms with E-state index >= 15 is 0 Å². The van der Waals surface area contributed by atoms with Gasteiger partial charge in [-0.3, -0.25) is 10.1 Å². The Morgan fingerprint density at radius 3 is 2.80 bits per heavy atom. The Morgan fingerprint density at radius 1 is 1.60 bits per heavy atom. The lowest BCUT2D eigenvalue weighted by atomic mass is 9.98. The van der Waals surface area contributed by atoms with Gasteiger partial charge in [0, 0.05) is 31.2 Å². The number of aromatic nitrogens is 2. The summed E-state index contributed by atoms with van der Waals surface area (Å²) in [5.74, 6) is 0.619. The number of thioether (sulfide) groups is 1. The highest BCUT2D eigenvalue weighted by molar-refractivity contribution is 7.99. The molecule has 0 aliphatic rings. The van der Waals surface area contributed by atoms with Crippen molar-refractivity contribution in [3.8, 4) is 0 Å². The zero-order chi connectivity index (χ0) is 15.2. The molecule has 0 aliphatic carbocycles. The predicted molar refractivity (Wildman–Crippen MR) is 81.9 cm³/mol. The lowest BCUT2D eigenvalue weighted by molar-refractivity contribution is -0.150. The number of carbonyl (C=O) groups excluding carboxylic acids is 1. The molecule has 114 valence electrons. The summed E-state index contributed by atoms with van der Waals surface area (Å²) in [6.07, 6.45) is 4.39. The van der Waals surface area contributed by atoms with E-state index in [0.717, 1.165) is 10.9 Å². The molecule has 0 aromatic carbocycles. The fourth-order valence-electron chi connectivity index (χ4n) is 2.00. The minimum Gasteiger partial charge on any atom is -0.465 e. The molecule has 20 heavy (non-hydrogen) atoms. The van der Waals surface area contributed by atoms with Crippen molar-refractivity contribution in [1.29, 1.82) is 0 Å². The zero-order valence-corrected chi connectivity index (χ0v) is 13.8. The normalized spacial score (nSPS) is 14.3. The molecule has 0 saturated carbocycles. The molecule has 5 nitrogen and oxygen atoms in total. The number of hydrogen-bond acceptors (Lipinski definition) is 5. The molecule has 1 aromatic rings. The van der Waals surface area contributed by atoms with Crippen LogP contribution in [0.4, 0.5) is 0 Å². The summed E-state index contributed by atoms with van der Waals surface area (Å²) in [5.41, 5.74) is -0.650. The topological polar surface area (TPSA) is 56.1 Å². The summed E-state index contributed by atoms with van der Waals surface area (Å²) >= 11 is 1.65. The third-order valence-electron chi connectivity index (χ3n) is 2.94. The number of hydrogen-bond donors (Lipinski definition) is 1. The number of esters is 1. The van der Waals surface area contributed by atoms with Crippen LogP contribution in [-0.4, -0.2) is 39.5 Å². The lowest BCUT2D eigenvalue weighted by Crippen LogP contribution is -2.53. The first kappa shape index (κ1) is 17.0. The predicted octanol–water partition coefficient (Wildman–Crippen LogP) is 2.22. The van der Waals surface area contributed by atoms with Crippen LogP contribution in [0, 0.1) is 0 Å². The van der Waals surface area contributed by atoms with Crippen LogP contribution >= 0.6 is 11.8 Å². The van der Waals surface area contributed by atoms with Crippen molar-refractivity contribution in [2.24, 2.45) is 7.05 Å². The van der Waals surface area contributed by atoms with Crippen molar-refractivity contribution >= 4 is 17.7 Å². The molecular weight excluding hydrogens is 274 g/mol. The summed E-state index contributed by atoms with van der Waals surface area (Å²) in [6, 6.07) is 0.225. The van der Waals surface area contributed by atoms with Gasteiger partial charge in [0.25, 0.3) is 0 Å². The smallest absolute Gasteiger partial charge is 0.326 e. The van der Waals surface area contributed by atoms with Crippen LogP contribution < -0.4 is 5.32 Å². The maximum absolute atomic E-state index is 12.1. The molecule has 1 atom stereocenters. The van der Waals surface area contributed by atoms with E-state index in [9.17, 15) is 4.79 Å². The van der Waals surface area contributed by atoms with Crippen molar-refractivity contribution in [1.82, 2.24) is 14.9 Å². The molecule has 0 aliphatic heterocycles. The van der Waals surface area contributed by atoms with Gasteiger partial charge in [-0.25, -0.2) is 4.98 Å². The molecular formula is C14H25N3O2S. The zero-order valence-electron chi connectivity index (χ0n) is 13.0. The molecule has 0 amide bonds. The maximum atomic E-state index is 12.1. The van der Waals surface area contributed by atoms with E-state index in [-0.39, 0.29) is 12.0 Å². The maximum Gasteiger partial charge on any atom is 0.326 e. The molecule has 0 bridgehead atoms. The van der Waals surface area contributed by atoms with Crippen LogP contribution in [0.5, 0.6) is 0 Å². The number of nitrogens with zero attached hydrogens (tertiary/aromatic N) is 2. The van der Waals surface area contributed by atoms with Crippen LogP contribution in [0.25, 0.3) is 0 Å². The highest BCUT2D eigenvalue weighted by Gasteiger charge is 2.34. The molecule has 0 fully saturated rings. The highest BCUT2D eigenvalue weighted by atomic mass is 32.2. The van der Waals surface area contributed by atoms with Crippen molar-refractivity contribution in [2.75, 3.05) is 12.4 Å². The van der Waals surface area contributed by atoms with Crippen LogP contribution in [0.1, 0.15) is 34.1 Å². The molecule has 0 saturated heterocycles. The summed E-state index contributed by atoms with van der Waals surface area (Å²) in [7, 11) is 1.96. The van der Waals surface area contributed by atoms with Crippen molar-refractivity contribution in [2.45, 2.75) is 50.9 Å². The van der Waals surface area contributed by atoms with E-state index in [1.165, 1.54) is 0 Å². The first-order valence-electron chi connectivity index (χ1n) is 6.94. The van der Waals surface area contributed by atoms with Gasteiger partial charge in [-0.1, -0.05) is 11.8 Å². The molecule has 1 aromatic heterocycles. The fraction of sp³-hybridized carbons (Fsp3) is 0.714. The largest absolute Gasteiger partial charge is 0.465 e. The lowest BCUT2D eigenvalue weighted by Gasteiger charge is -2.30. The molecule has 6 heteroatoms. The van der Waals surface area contributed by atoms with Crippen LogP contribution in [-0.2, 0) is 16.6 Å². The number of imidazole rings is 1. The highest BCUT2D eigenvalue weighted by Crippen LogP contribution is 2.21. The first-order valence-corrected chi connectivity index (χ1v) is 7.92. The third-order valence-corrected chi connectivity index (χ3v) is 4.00. The van der Waals surface area contributed by atoms with E-state index in [2.05, 4.69) is 10.3 Å². The van der Waals surface area contributed by atoms with Gasteiger partial charge in [-0.2, -0.15) is 0 Å². The monoisotopic (exact) mass is 299 g/mol. The van der Waals surface area contributed by atoms with Gasteiger partial charge < -0.3 is 9.30 Å². The first-order chi connectivity index (χ1) is 9.39. The van der Waals surface area contributed by atoms with Crippen LogP contribution in [0.3, 0.4) is 0 Å². The van der Waals surface area contributed by atoms with Crippen molar-refractivity contribution in [3.63, 3.8) is 0 Å². The summed E-state index contributed by atoms with van der Waals surface area (Å²) < 4.78 is 7.16. The number of ether oxygens (including phenoxy) is 1. The Balaban J connectivity index is 2.60. The van der Waals surface area contributed by atoms with E-state index in [1.54, 1.807) is 18.0 Å². The van der Waals surface area contributed by atoms with Gasteiger partial charge >= 0.3 is 5.97 Å². The van der Waals surface area contributed by atoms with Gasteiger partial charge in [0.2, 0.25) is 0 Å². The van der Waals surface area contributed by atoms with Gasteiger partial charge in [0.05, 0.1) is 6.61 Å². The van der Waals surface area contributed by atoms with E-state index in [4.69, 9.17) is 4.74 Å². The Labute approximate surface area is 125 Å². The second kappa shape index (κ2) is 7.69. The van der Waals surface area contributed by atoms with Gasteiger partial charge in [0.1, 0.15) is 5.54 Å². The third kappa shape index (κ3) is 4.83. The minimum atomic E-state index is -0.650. The number of rotatable bonds is 8. The van der Waals surface area contributed by atoms with Crippen molar-refractivity contribution in [3.05, 3.63) is 12.4 Å². The quantitative estimate of drug-likeness (QED) is 0.589. The number of nitrogens with one attached hydrogen (secondary N) is 1. The van der Waals surface area contributed by atoms with E-state index < -0.39 is 5.54 Å². The Hall–Kier alpha value is -1.01. The average Bonchev–Trinajstić information content (AvgIpc) is 2.74. The number of carbonyl (C=O) groups is 1. The Morgan fingerprint density at radius 2 is 2.30 bits per heavy atom. The average molecular weight is 299 g/mol. The van der Waals surface area contributed by atoms with E-state index in [0.29, 0.717) is 13.0 Å². The Bertz CT molecular complexity index is 434. The number of aryl methyl sites for hydroxylation is 1. The molecule has 1 rings (SSSR count). The van der Waals surface area contributed by atoms with Crippen molar-refractivity contribution < 1.29 is 9.53 Å². The molecule has 0 spiro atoms. The van der Waals surface area contributed by atoms with Crippen LogP contribution in [0.15, 0.2) is 17.6 Å². The standard InChI is InChI=1S/C14H25N3O2S/c1-6-19-12(18)14(4,16-11(2)3)7-10-20-13-15-8-9-17(13)5/h8-9,11,16H,6-7,10H2,1-5H3. The van der Waals surface area contributed by atoms with Gasteiger partial charge in [-0.05, 0) is 34.1 Å². The fourth-order valence-corrected chi connectivity index (χ4v) is 3.09. The van der Waals surface area contributed by atoms with Gasteiger partial charge in [0.15, 0.2) is 5.16 Å². The summed E-state index contributed by atoms with van der Waals surface area (Å²) in [6.45, 7) is 8.20. The van der Waals surface area contributed by atoms with E-state index in [1.807, 2.05) is 45.5 Å². The summed E-state index contributed by atoms with van der Waals surface area (Å²) in [4.78, 5) is 16.4. The molecule has 1 heterocycles. The second-order valence-electron chi connectivity index (χ2n) is 5.27. The minimum absolute atomic E-state index is 0.186. The van der Waals surface area contributed by atoms with Gasteiger partial charge in [-0.15, -0.1) is 0 Å². The molecule has 1 unspecified atom stereocenters.